The molecule has 1 aromatic carbocycles. The number of piperazine rings is 1. The van der Waals surface area contributed by atoms with Gasteiger partial charge in [-0.15, -0.1) is 0 Å². The summed E-state index contributed by atoms with van der Waals surface area (Å²) in [7, 11) is 1.78. The van der Waals surface area contributed by atoms with Gasteiger partial charge in [-0.25, -0.2) is 15.0 Å². The number of nitrogens with zero attached hydrogens (tertiary/aromatic N) is 6. The van der Waals surface area contributed by atoms with Gasteiger partial charge in [-0.1, -0.05) is 12.1 Å². The maximum Gasteiger partial charge on any atom is 0.234 e. The van der Waals surface area contributed by atoms with Gasteiger partial charge in [0.1, 0.15) is 5.82 Å². The lowest BCUT2D eigenvalue weighted by Crippen LogP contribution is -2.56. The molecule has 3 N–H and O–H groups in total. The predicted octanol–water partition coefficient (Wildman–Crippen LogP) is 2.81. The van der Waals surface area contributed by atoms with Crippen LogP contribution < -0.4 is 16.0 Å². The van der Waals surface area contributed by atoms with Crippen molar-refractivity contribution in [3.8, 4) is 11.1 Å². The van der Waals surface area contributed by atoms with E-state index >= 15 is 0 Å². The fraction of sp³-hybridized carbons (Fsp3) is 0.433. The van der Waals surface area contributed by atoms with Gasteiger partial charge < -0.3 is 25.7 Å². The zero-order valence-electron chi connectivity index (χ0n) is 23.6. The molecule has 5 aliphatic heterocycles. The Morgan fingerprint density at radius 2 is 1.93 bits per heavy atom. The Morgan fingerprint density at radius 3 is 2.80 bits per heavy atom. The maximum atomic E-state index is 12.7. The van der Waals surface area contributed by atoms with Crippen LogP contribution in [0.1, 0.15) is 18.4 Å². The van der Waals surface area contributed by atoms with Gasteiger partial charge in [0, 0.05) is 94.8 Å². The Bertz CT molecular complexity index is 1300. The second-order valence-electron chi connectivity index (χ2n) is 10.3. The highest BCUT2D eigenvalue weighted by molar-refractivity contribution is 5.78. The van der Waals surface area contributed by atoms with Gasteiger partial charge >= 0.3 is 0 Å². The fourth-order valence-electron chi connectivity index (χ4n) is 5.10. The molecule has 8 bridgehead atoms. The Kier molecular flexibility index (Phi) is 10.2. The molecule has 3 atom stereocenters. The first kappa shape index (κ1) is 28.6. The lowest BCUT2D eigenvalue weighted by atomic mass is 10.1. The van der Waals surface area contributed by atoms with Crippen molar-refractivity contribution >= 4 is 29.6 Å². The molecule has 0 radical (unpaired) electrons. The average Bonchev–Trinajstić information content (AvgIpc) is 2.98. The van der Waals surface area contributed by atoms with Crippen LogP contribution in [0.25, 0.3) is 11.1 Å². The molecule has 5 aliphatic rings. The first-order chi connectivity index (χ1) is 20.2. The number of benzene rings is 1. The highest BCUT2D eigenvalue weighted by Crippen LogP contribution is 2.24. The number of rotatable bonds is 5. The Labute approximate surface area is 241 Å². The van der Waals surface area contributed by atoms with Gasteiger partial charge in [-0.2, -0.15) is 0 Å². The van der Waals surface area contributed by atoms with Crippen LogP contribution in [-0.2, 0) is 16.1 Å². The molecule has 11 nitrogen and oxygen atoms in total. The van der Waals surface area contributed by atoms with E-state index in [0.29, 0.717) is 38.8 Å². The molecule has 3 unspecified atom stereocenters. The van der Waals surface area contributed by atoms with Crippen molar-refractivity contribution in [2.75, 3.05) is 70.2 Å². The summed E-state index contributed by atoms with van der Waals surface area (Å²) in [6.45, 7) is 6.16. The first-order valence-corrected chi connectivity index (χ1v) is 14.3. The molecule has 1 amide bonds. The van der Waals surface area contributed by atoms with Crippen LogP contribution in [0.15, 0.2) is 60.0 Å². The Balaban J connectivity index is 1.35. The van der Waals surface area contributed by atoms with Gasteiger partial charge in [0.15, 0.2) is 0 Å². The molecule has 1 saturated heterocycles. The number of anilines is 3. The third-order valence-corrected chi connectivity index (χ3v) is 7.23. The van der Waals surface area contributed by atoms with Crippen molar-refractivity contribution in [2.24, 2.45) is 4.99 Å². The highest BCUT2D eigenvalue weighted by Gasteiger charge is 2.28. The molecule has 3 aromatic rings. The van der Waals surface area contributed by atoms with Crippen molar-refractivity contribution in [1.29, 1.82) is 0 Å². The molecule has 216 valence electrons. The number of amides is 1. The molecule has 7 heterocycles. The lowest BCUT2D eigenvalue weighted by molar-refractivity contribution is -0.123. The maximum absolute atomic E-state index is 12.7. The molecule has 41 heavy (non-hydrogen) atoms. The van der Waals surface area contributed by atoms with Crippen LogP contribution in [0.4, 0.5) is 17.5 Å². The minimum absolute atomic E-state index is 0.0467. The number of ether oxygens (including phenoxy) is 1. The van der Waals surface area contributed by atoms with Gasteiger partial charge in [0.05, 0.1) is 19.8 Å². The molecule has 8 rings (SSSR count). The summed E-state index contributed by atoms with van der Waals surface area (Å²) >= 11 is 0. The van der Waals surface area contributed by atoms with Crippen LogP contribution in [-0.4, -0.2) is 102 Å². The molecule has 11 heteroatoms. The summed E-state index contributed by atoms with van der Waals surface area (Å²) in [5.41, 5.74) is 4.07. The van der Waals surface area contributed by atoms with Crippen molar-refractivity contribution in [2.45, 2.75) is 25.4 Å². The van der Waals surface area contributed by atoms with Crippen molar-refractivity contribution in [1.82, 2.24) is 30.1 Å². The van der Waals surface area contributed by atoms with Crippen LogP contribution >= 0.6 is 0 Å². The lowest BCUT2D eigenvalue weighted by Gasteiger charge is -2.41. The molecule has 0 saturated carbocycles. The molecule has 2 aromatic heterocycles. The summed E-state index contributed by atoms with van der Waals surface area (Å²) in [5, 5.41) is 9.75. The monoisotopic (exact) mass is 557 g/mol. The number of hydrogen-bond donors (Lipinski definition) is 3. The number of nitrogens with one attached hydrogen (secondary N) is 3. The molecule has 1 fully saturated rings. The van der Waals surface area contributed by atoms with Gasteiger partial charge in [0.2, 0.25) is 11.9 Å². The summed E-state index contributed by atoms with van der Waals surface area (Å²) < 4.78 is 6.04. The minimum Gasteiger partial charge on any atom is -0.379 e. The number of carbonyl (C=O) groups excluding carboxylic acids is 1. The normalized spacial score (nSPS) is 21.7. The largest absolute Gasteiger partial charge is 0.379 e. The average molecular weight is 558 g/mol. The van der Waals surface area contributed by atoms with Gasteiger partial charge in [0.25, 0.3) is 0 Å². The van der Waals surface area contributed by atoms with E-state index in [-0.39, 0.29) is 11.9 Å². The number of aromatic nitrogens is 3. The summed E-state index contributed by atoms with van der Waals surface area (Å²) in [6, 6.07) is 12.6. The smallest absolute Gasteiger partial charge is 0.234 e. The van der Waals surface area contributed by atoms with E-state index in [1.165, 1.54) is 5.56 Å². The molecule has 0 aliphatic carbocycles. The number of carbonyl (C=O) groups is 1. The third-order valence-electron chi connectivity index (χ3n) is 7.23. The third kappa shape index (κ3) is 8.53. The van der Waals surface area contributed by atoms with Crippen molar-refractivity contribution in [3.05, 3.63) is 60.6 Å². The van der Waals surface area contributed by atoms with E-state index < -0.39 is 0 Å². The minimum atomic E-state index is 0.0467. The zero-order chi connectivity index (χ0) is 28.3. The van der Waals surface area contributed by atoms with Crippen LogP contribution in [0, 0.1) is 0 Å². The van der Waals surface area contributed by atoms with E-state index in [0.717, 1.165) is 61.7 Å². The summed E-state index contributed by atoms with van der Waals surface area (Å²) in [6.07, 6.45) is 8.86. The molecule has 0 spiro atoms. The van der Waals surface area contributed by atoms with Crippen molar-refractivity contribution in [3.63, 3.8) is 0 Å². The van der Waals surface area contributed by atoms with E-state index in [4.69, 9.17) is 4.74 Å². The number of hydrogen-bond acceptors (Lipinski definition) is 10. The fourth-order valence-corrected chi connectivity index (χ4v) is 5.10. The van der Waals surface area contributed by atoms with Crippen LogP contribution in [0.5, 0.6) is 0 Å². The van der Waals surface area contributed by atoms with E-state index in [2.05, 4.69) is 70.0 Å². The van der Waals surface area contributed by atoms with Crippen LogP contribution in [0.2, 0.25) is 0 Å². The van der Waals surface area contributed by atoms with Crippen LogP contribution in [0.3, 0.4) is 0 Å². The quantitative estimate of drug-likeness (QED) is 0.321. The van der Waals surface area contributed by atoms with Gasteiger partial charge in [-0.3, -0.25) is 14.6 Å². The second kappa shape index (κ2) is 14.6. The SMILES string of the molecule is C/N=C/CCOCC1CN2CCN1Cc1cccc(c1)Nc1cc(ccn1)-c1cnc(nc1)NCCCNC(=O)C2. The Hall–Kier alpha value is -3.93. The van der Waals surface area contributed by atoms with E-state index in [1.54, 1.807) is 13.2 Å². The summed E-state index contributed by atoms with van der Waals surface area (Å²) in [5.74, 6) is 1.37. The topological polar surface area (TPSA) is 120 Å². The first-order valence-electron chi connectivity index (χ1n) is 14.3. The zero-order valence-corrected chi connectivity index (χ0v) is 23.6. The predicted molar refractivity (Wildman–Crippen MR) is 162 cm³/mol. The number of aliphatic imine (C=N–C) groups is 1. The summed E-state index contributed by atoms with van der Waals surface area (Å²) in [4.78, 5) is 34.9. The molecular weight excluding hydrogens is 518 g/mol. The van der Waals surface area contributed by atoms with Gasteiger partial charge in [-0.05, 0) is 41.8 Å². The standard InChI is InChI=1S/C30H39N9O2/c1-31-8-4-14-41-22-27-20-38-12-13-39(27)19-23-5-2-6-26(15-23)37-28-16-24(7-11-32-28)25-17-35-30(36-18-25)34-10-3-9-33-29(40)21-38/h2,5-8,11,15-18,27H,3-4,9-10,12-14,19-22H2,1H3,(H,32,37)(H,33,40)(H,34,35,36)/b31-8+. The van der Waals surface area contributed by atoms with E-state index in [1.807, 2.05) is 30.7 Å². The molecular formula is C30H39N9O2. The number of pyridine rings is 1. The highest BCUT2D eigenvalue weighted by atomic mass is 16.5. The van der Waals surface area contributed by atoms with E-state index in [9.17, 15) is 4.79 Å². The Morgan fingerprint density at radius 1 is 1.05 bits per heavy atom. The second-order valence-corrected chi connectivity index (χ2v) is 10.3. The van der Waals surface area contributed by atoms with Crippen molar-refractivity contribution < 1.29 is 9.53 Å².